The Kier molecular flexibility index (Phi) is 3.78. The molecule has 0 spiro atoms. The van der Waals surface area contributed by atoms with Gasteiger partial charge in [0.25, 0.3) is 5.91 Å². The van der Waals surface area contributed by atoms with Gasteiger partial charge in [0.2, 0.25) is 5.91 Å². The minimum Gasteiger partial charge on any atom is -0.482 e. The van der Waals surface area contributed by atoms with Gasteiger partial charge in [-0.25, -0.2) is 4.98 Å². The fourth-order valence-corrected chi connectivity index (χ4v) is 2.97. The van der Waals surface area contributed by atoms with E-state index in [-0.39, 0.29) is 25.0 Å². The van der Waals surface area contributed by atoms with Crippen molar-refractivity contribution in [3.63, 3.8) is 0 Å². The summed E-state index contributed by atoms with van der Waals surface area (Å²) in [6, 6.07) is 5.47. The lowest BCUT2D eigenvalue weighted by Gasteiger charge is -2.18. The van der Waals surface area contributed by atoms with E-state index in [2.05, 4.69) is 15.6 Å². The monoisotopic (exact) mass is 318 g/mol. The molecule has 0 bridgehead atoms. The molecule has 0 aliphatic carbocycles. The first-order valence-corrected chi connectivity index (χ1v) is 7.43. The lowest BCUT2D eigenvalue weighted by Crippen LogP contribution is -2.25. The van der Waals surface area contributed by atoms with E-state index in [0.717, 1.165) is 16.1 Å². The fourth-order valence-electron chi connectivity index (χ4n) is 2.12. The van der Waals surface area contributed by atoms with Crippen LogP contribution in [0.3, 0.4) is 0 Å². The summed E-state index contributed by atoms with van der Waals surface area (Å²) in [7, 11) is 0. The molecule has 22 heavy (non-hydrogen) atoms. The van der Waals surface area contributed by atoms with Gasteiger partial charge in [0.1, 0.15) is 5.75 Å². The highest BCUT2D eigenvalue weighted by Crippen LogP contribution is 2.36. The molecule has 4 N–H and O–H groups in total. The highest BCUT2D eigenvalue weighted by atomic mass is 32.1. The van der Waals surface area contributed by atoms with Gasteiger partial charge >= 0.3 is 0 Å². The van der Waals surface area contributed by atoms with Crippen LogP contribution in [0.2, 0.25) is 0 Å². The van der Waals surface area contributed by atoms with Gasteiger partial charge in [-0.2, -0.15) is 0 Å². The standard InChI is InChI=1S/C14H14N4O3S/c1-7-13(18-14(22-7)17-11(19)5-15)8-2-3-10-9(4-8)16-12(20)6-21-10/h2-4H,5-6,15H2,1H3,(H,16,20)(H,17,18,19). The number of nitrogens with two attached hydrogens (primary N) is 1. The predicted molar refractivity (Wildman–Crippen MR) is 84.1 cm³/mol. The number of benzene rings is 1. The number of hydrogen-bond donors (Lipinski definition) is 3. The van der Waals surface area contributed by atoms with Crippen LogP contribution >= 0.6 is 11.3 Å². The highest BCUT2D eigenvalue weighted by molar-refractivity contribution is 7.16. The number of thiazole rings is 1. The first-order valence-electron chi connectivity index (χ1n) is 6.61. The molecule has 2 aromatic rings. The Morgan fingerprint density at radius 2 is 2.36 bits per heavy atom. The Balaban J connectivity index is 1.92. The molecule has 3 rings (SSSR count). The number of ether oxygens (including phenoxy) is 1. The Bertz CT molecular complexity index is 757. The number of rotatable bonds is 3. The van der Waals surface area contributed by atoms with Crippen LogP contribution in [0.25, 0.3) is 11.3 Å². The van der Waals surface area contributed by atoms with Crippen molar-refractivity contribution in [1.82, 2.24) is 4.98 Å². The third-order valence-corrected chi connectivity index (χ3v) is 4.00. The Morgan fingerprint density at radius 1 is 1.55 bits per heavy atom. The number of nitrogens with one attached hydrogen (secondary N) is 2. The lowest BCUT2D eigenvalue weighted by molar-refractivity contribution is -0.118. The van der Waals surface area contributed by atoms with Gasteiger partial charge < -0.3 is 21.1 Å². The summed E-state index contributed by atoms with van der Waals surface area (Å²) in [5.74, 6) is 0.162. The van der Waals surface area contributed by atoms with Crippen LogP contribution in [0.4, 0.5) is 10.8 Å². The van der Waals surface area contributed by atoms with Crippen molar-refractivity contribution in [2.45, 2.75) is 6.92 Å². The average molecular weight is 318 g/mol. The van der Waals surface area contributed by atoms with Crippen molar-refractivity contribution in [3.8, 4) is 17.0 Å². The van der Waals surface area contributed by atoms with Gasteiger partial charge in [-0.1, -0.05) is 0 Å². The molecule has 1 aliphatic heterocycles. The Morgan fingerprint density at radius 3 is 3.14 bits per heavy atom. The molecule has 2 heterocycles. The van der Waals surface area contributed by atoms with Crippen LogP contribution in [0.5, 0.6) is 5.75 Å². The zero-order chi connectivity index (χ0) is 15.7. The van der Waals surface area contributed by atoms with Crippen molar-refractivity contribution in [1.29, 1.82) is 0 Å². The van der Waals surface area contributed by atoms with Gasteiger partial charge in [0, 0.05) is 10.4 Å². The second kappa shape index (κ2) is 5.74. The van der Waals surface area contributed by atoms with Crippen LogP contribution in [0.1, 0.15) is 4.88 Å². The largest absolute Gasteiger partial charge is 0.482 e. The Hall–Kier alpha value is -2.45. The number of carbonyl (C=O) groups is 2. The average Bonchev–Trinajstić information content (AvgIpc) is 2.86. The van der Waals surface area contributed by atoms with Crippen LogP contribution < -0.4 is 21.1 Å². The number of aromatic nitrogens is 1. The number of nitrogens with zero attached hydrogens (tertiary/aromatic N) is 1. The molecule has 8 heteroatoms. The SMILES string of the molecule is Cc1sc(NC(=O)CN)nc1-c1ccc2c(c1)NC(=O)CO2. The molecule has 0 radical (unpaired) electrons. The number of hydrogen-bond acceptors (Lipinski definition) is 6. The molecule has 7 nitrogen and oxygen atoms in total. The third kappa shape index (κ3) is 2.78. The molecule has 0 unspecified atom stereocenters. The lowest BCUT2D eigenvalue weighted by atomic mass is 10.1. The van der Waals surface area contributed by atoms with E-state index in [0.29, 0.717) is 16.6 Å². The van der Waals surface area contributed by atoms with Gasteiger partial charge in [0.05, 0.1) is 17.9 Å². The van der Waals surface area contributed by atoms with E-state index in [1.54, 1.807) is 6.07 Å². The number of amides is 2. The highest BCUT2D eigenvalue weighted by Gasteiger charge is 2.18. The van der Waals surface area contributed by atoms with Crippen molar-refractivity contribution < 1.29 is 14.3 Å². The zero-order valence-corrected chi connectivity index (χ0v) is 12.6. The van der Waals surface area contributed by atoms with Gasteiger partial charge in [0.15, 0.2) is 11.7 Å². The van der Waals surface area contributed by atoms with Crippen LogP contribution in [-0.4, -0.2) is 29.9 Å². The summed E-state index contributed by atoms with van der Waals surface area (Å²) in [6.07, 6.45) is 0. The number of carbonyl (C=O) groups excluding carboxylic acids is 2. The first-order chi connectivity index (χ1) is 10.6. The van der Waals surface area contributed by atoms with Crippen LogP contribution in [-0.2, 0) is 9.59 Å². The topological polar surface area (TPSA) is 106 Å². The van der Waals surface area contributed by atoms with E-state index in [1.807, 2.05) is 19.1 Å². The minimum absolute atomic E-state index is 0.0251. The van der Waals surface area contributed by atoms with Gasteiger partial charge in [-0.15, -0.1) is 11.3 Å². The molecular formula is C14H14N4O3S. The molecule has 1 aromatic heterocycles. The van der Waals surface area contributed by atoms with Crippen molar-refractivity contribution >= 4 is 34.0 Å². The maximum Gasteiger partial charge on any atom is 0.262 e. The summed E-state index contributed by atoms with van der Waals surface area (Å²) in [4.78, 5) is 28.1. The minimum atomic E-state index is -0.286. The van der Waals surface area contributed by atoms with E-state index in [9.17, 15) is 9.59 Å². The van der Waals surface area contributed by atoms with Crippen LogP contribution in [0.15, 0.2) is 18.2 Å². The second-order valence-electron chi connectivity index (χ2n) is 4.72. The summed E-state index contributed by atoms with van der Waals surface area (Å²) >= 11 is 1.37. The number of aryl methyl sites for hydroxylation is 1. The van der Waals surface area contributed by atoms with Gasteiger partial charge in [-0.3, -0.25) is 9.59 Å². The first kappa shape index (κ1) is 14.5. The summed E-state index contributed by atoms with van der Waals surface area (Å²) in [5, 5.41) is 5.90. The van der Waals surface area contributed by atoms with Gasteiger partial charge in [-0.05, 0) is 25.1 Å². The molecule has 0 atom stereocenters. The molecule has 1 aromatic carbocycles. The third-order valence-electron chi connectivity index (χ3n) is 3.11. The van der Waals surface area contributed by atoms with Crippen LogP contribution in [0, 0.1) is 6.92 Å². The molecule has 0 fully saturated rings. The number of fused-ring (bicyclic) bond motifs is 1. The predicted octanol–water partition coefficient (Wildman–Crippen LogP) is 1.35. The fraction of sp³-hybridized carbons (Fsp3) is 0.214. The molecule has 1 aliphatic rings. The molecule has 2 amide bonds. The molecule has 0 saturated carbocycles. The van der Waals surface area contributed by atoms with E-state index >= 15 is 0 Å². The quantitative estimate of drug-likeness (QED) is 0.792. The zero-order valence-electron chi connectivity index (χ0n) is 11.8. The summed E-state index contributed by atoms with van der Waals surface area (Å²) in [5.41, 5.74) is 7.48. The maximum atomic E-state index is 11.4. The maximum absolute atomic E-state index is 11.4. The van der Waals surface area contributed by atoms with Crippen molar-refractivity contribution in [2.75, 3.05) is 23.8 Å². The van der Waals surface area contributed by atoms with E-state index in [1.165, 1.54) is 11.3 Å². The summed E-state index contributed by atoms with van der Waals surface area (Å²) in [6.45, 7) is 1.85. The van der Waals surface area contributed by atoms with E-state index < -0.39 is 0 Å². The molecular weight excluding hydrogens is 304 g/mol. The van der Waals surface area contributed by atoms with E-state index in [4.69, 9.17) is 10.5 Å². The smallest absolute Gasteiger partial charge is 0.262 e. The Labute approximate surface area is 130 Å². The molecule has 0 saturated heterocycles. The van der Waals surface area contributed by atoms with Crippen molar-refractivity contribution in [3.05, 3.63) is 23.1 Å². The normalized spacial score (nSPS) is 13.1. The second-order valence-corrected chi connectivity index (χ2v) is 5.93. The molecule has 114 valence electrons. The van der Waals surface area contributed by atoms with Crippen molar-refractivity contribution in [2.24, 2.45) is 5.73 Å². The summed E-state index contributed by atoms with van der Waals surface area (Å²) < 4.78 is 5.33. The number of anilines is 2.